The van der Waals surface area contributed by atoms with Crippen molar-refractivity contribution in [2.45, 2.75) is 26.8 Å². The van der Waals surface area contributed by atoms with E-state index in [-0.39, 0.29) is 11.9 Å². The molecule has 0 fully saturated rings. The average molecular weight is 404 g/mol. The molecular weight excluding hydrogens is 385 g/mol. The first-order valence-electron chi connectivity index (χ1n) is 8.15. The first-order chi connectivity index (χ1) is 11.9. The number of carbonyl (C=O) groups excluding carboxylic acids is 1. The molecule has 2 aromatic heterocycles. The summed E-state index contributed by atoms with van der Waals surface area (Å²) in [7, 11) is 0. The number of rotatable bonds is 4. The van der Waals surface area contributed by atoms with Crippen LogP contribution in [0.2, 0.25) is 0 Å². The number of aromatic nitrogens is 2. The highest BCUT2D eigenvalue weighted by atomic mass is 79.9. The molecule has 0 aliphatic heterocycles. The van der Waals surface area contributed by atoms with E-state index in [9.17, 15) is 9.18 Å². The highest BCUT2D eigenvalue weighted by Gasteiger charge is 2.23. The van der Waals surface area contributed by atoms with E-state index < -0.39 is 5.82 Å². The van der Waals surface area contributed by atoms with E-state index in [4.69, 9.17) is 0 Å². The summed E-state index contributed by atoms with van der Waals surface area (Å²) in [5, 5.41) is 0. The molecule has 0 bridgehead atoms. The lowest BCUT2D eigenvalue weighted by atomic mass is 10.0. The first-order valence-corrected chi connectivity index (χ1v) is 8.94. The summed E-state index contributed by atoms with van der Waals surface area (Å²) in [4.78, 5) is 18.9. The van der Waals surface area contributed by atoms with Crippen molar-refractivity contribution >= 4 is 27.4 Å². The van der Waals surface area contributed by atoms with Gasteiger partial charge < -0.3 is 4.90 Å². The Morgan fingerprint density at radius 1 is 1.32 bits per heavy atom. The number of fused-ring (bicyclic) bond motifs is 1. The highest BCUT2D eigenvalue weighted by Crippen LogP contribution is 2.32. The maximum absolute atomic E-state index is 13.9. The largest absolute Gasteiger partial charge is 0.336 e. The van der Waals surface area contributed by atoms with E-state index in [0.717, 1.165) is 15.7 Å². The summed E-state index contributed by atoms with van der Waals surface area (Å²) in [6.07, 6.45) is 3.39. The molecule has 1 amide bonds. The second-order valence-electron chi connectivity index (χ2n) is 6.09. The van der Waals surface area contributed by atoms with E-state index in [1.807, 2.05) is 37.3 Å². The number of carbonyl (C=O) groups is 1. The standard InChI is InChI=1S/C19H19BrFN3O/c1-4-23(12(2)3)19(25)15-9-13(21)5-6-14(15)18-10-16(20)17-7-8-22-11-24(17)18/h5-12H,4H2,1-3H3. The second kappa shape index (κ2) is 6.96. The minimum atomic E-state index is -0.426. The van der Waals surface area contributed by atoms with Crippen LogP contribution in [0.3, 0.4) is 0 Å². The van der Waals surface area contributed by atoms with Crippen molar-refractivity contribution in [2.75, 3.05) is 6.54 Å². The monoisotopic (exact) mass is 403 g/mol. The zero-order valence-corrected chi connectivity index (χ0v) is 15.9. The van der Waals surface area contributed by atoms with Crippen LogP contribution in [0, 0.1) is 5.82 Å². The Balaban J connectivity index is 2.22. The summed E-state index contributed by atoms with van der Waals surface area (Å²) in [5.41, 5.74) is 2.76. The van der Waals surface area contributed by atoms with E-state index >= 15 is 0 Å². The molecule has 1 aromatic carbocycles. The van der Waals surface area contributed by atoms with E-state index in [1.54, 1.807) is 23.5 Å². The summed E-state index contributed by atoms with van der Waals surface area (Å²) in [6.45, 7) is 6.39. The molecule has 0 unspecified atom stereocenters. The summed E-state index contributed by atoms with van der Waals surface area (Å²) < 4.78 is 16.7. The van der Waals surface area contributed by atoms with Crippen LogP contribution in [0.1, 0.15) is 31.1 Å². The van der Waals surface area contributed by atoms with Crippen molar-refractivity contribution in [2.24, 2.45) is 0 Å². The third-order valence-electron chi connectivity index (χ3n) is 4.24. The van der Waals surface area contributed by atoms with Crippen LogP contribution in [0.25, 0.3) is 16.8 Å². The zero-order chi connectivity index (χ0) is 18.1. The van der Waals surface area contributed by atoms with Crippen LogP contribution in [-0.2, 0) is 0 Å². The van der Waals surface area contributed by atoms with Crippen LogP contribution < -0.4 is 0 Å². The van der Waals surface area contributed by atoms with Gasteiger partial charge in [-0.1, -0.05) is 0 Å². The summed E-state index contributed by atoms with van der Waals surface area (Å²) in [5.74, 6) is -0.605. The SMILES string of the molecule is CCN(C(=O)c1cc(F)ccc1-c1cc(Br)c2ccncn12)C(C)C. The number of benzene rings is 1. The molecule has 25 heavy (non-hydrogen) atoms. The summed E-state index contributed by atoms with van der Waals surface area (Å²) in [6, 6.07) is 8.18. The molecular formula is C19H19BrFN3O. The van der Waals surface area contributed by atoms with Crippen molar-refractivity contribution in [1.82, 2.24) is 14.3 Å². The predicted octanol–water partition coefficient (Wildman–Crippen LogP) is 4.77. The number of nitrogens with zero attached hydrogens (tertiary/aromatic N) is 3. The Hall–Kier alpha value is -2.21. The number of amides is 1. The van der Waals surface area contributed by atoms with Crippen molar-refractivity contribution in [1.29, 1.82) is 0 Å². The molecule has 0 spiro atoms. The smallest absolute Gasteiger partial charge is 0.254 e. The van der Waals surface area contributed by atoms with Gasteiger partial charge in [0.2, 0.25) is 0 Å². The van der Waals surface area contributed by atoms with Gasteiger partial charge in [-0.3, -0.25) is 9.20 Å². The number of hydrogen-bond acceptors (Lipinski definition) is 2. The number of halogens is 2. The Kier molecular flexibility index (Phi) is 4.90. The van der Waals surface area contributed by atoms with Gasteiger partial charge in [0.05, 0.1) is 23.1 Å². The summed E-state index contributed by atoms with van der Waals surface area (Å²) >= 11 is 3.54. The van der Waals surface area contributed by atoms with Gasteiger partial charge >= 0.3 is 0 Å². The minimum Gasteiger partial charge on any atom is -0.336 e. The zero-order valence-electron chi connectivity index (χ0n) is 14.3. The van der Waals surface area contributed by atoms with Gasteiger partial charge in [-0.15, -0.1) is 0 Å². The molecule has 2 heterocycles. The Morgan fingerprint density at radius 3 is 2.76 bits per heavy atom. The molecule has 130 valence electrons. The Morgan fingerprint density at radius 2 is 2.08 bits per heavy atom. The van der Waals surface area contributed by atoms with Crippen LogP contribution in [0.4, 0.5) is 4.39 Å². The normalized spacial score (nSPS) is 11.3. The molecule has 4 nitrogen and oxygen atoms in total. The van der Waals surface area contributed by atoms with Crippen LogP contribution in [0.5, 0.6) is 0 Å². The van der Waals surface area contributed by atoms with Crippen LogP contribution in [-0.4, -0.2) is 32.8 Å². The third kappa shape index (κ3) is 3.18. The fraction of sp³-hybridized carbons (Fsp3) is 0.263. The molecule has 0 aliphatic carbocycles. The van der Waals surface area contributed by atoms with Crippen LogP contribution >= 0.6 is 15.9 Å². The molecule has 3 aromatic rings. The fourth-order valence-electron chi connectivity index (χ4n) is 3.03. The van der Waals surface area contributed by atoms with Crippen molar-refractivity contribution in [3.05, 3.63) is 58.7 Å². The average Bonchev–Trinajstić information content (AvgIpc) is 2.92. The quantitative estimate of drug-likeness (QED) is 0.628. The van der Waals surface area contributed by atoms with Crippen LogP contribution in [0.15, 0.2) is 47.3 Å². The molecule has 0 aliphatic rings. The van der Waals surface area contributed by atoms with E-state index in [2.05, 4.69) is 20.9 Å². The van der Waals surface area contributed by atoms with Crippen molar-refractivity contribution in [3.63, 3.8) is 0 Å². The van der Waals surface area contributed by atoms with Gasteiger partial charge in [-0.25, -0.2) is 9.37 Å². The van der Waals surface area contributed by atoms with Gasteiger partial charge in [0.15, 0.2) is 0 Å². The predicted molar refractivity (Wildman–Crippen MR) is 100 cm³/mol. The first kappa shape index (κ1) is 17.6. The van der Waals surface area contributed by atoms with E-state index in [1.165, 1.54) is 12.1 Å². The highest BCUT2D eigenvalue weighted by molar-refractivity contribution is 9.10. The topological polar surface area (TPSA) is 37.6 Å². The molecule has 0 atom stereocenters. The molecule has 0 radical (unpaired) electrons. The Bertz CT molecular complexity index is 936. The minimum absolute atomic E-state index is 0.0334. The Labute approximate surface area is 154 Å². The molecule has 0 saturated heterocycles. The van der Waals surface area contributed by atoms with Gasteiger partial charge in [0.1, 0.15) is 5.82 Å². The van der Waals surface area contributed by atoms with Gasteiger partial charge in [0, 0.05) is 28.8 Å². The number of hydrogen-bond donors (Lipinski definition) is 0. The van der Waals surface area contributed by atoms with E-state index in [0.29, 0.717) is 17.7 Å². The second-order valence-corrected chi connectivity index (χ2v) is 6.94. The lowest BCUT2D eigenvalue weighted by Gasteiger charge is -2.26. The van der Waals surface area contributed by atoms with Crippen molar-refractivity contribution < 1.29 is 9.18 Å². The molecule has 0 N–H and O–H groups in total. The fourth-order valence-corrected chi connectivity index (χ4v) is 3.57. The molecule has 0 saturated carbocycles. The van der Waals surface area contributed by atoms with Gasteiger partial charge in [-0.05, 0) is 67.0 Å². The van der Waals surface area contributed by atoms with Crippen molar-refractivity contribution in [3.8, 4) is 11.3 Å². The van der Waals surface area contributed by atoms with Gasteiger partial charge in [0.25, 0.3) is 5.91 Å². The lowest BCUT2D eigenvalue weighted by Crippen LogP contribution is -2.37. The van der Waals surface area contributed by atoms with Gasteiger partial charge in [-0.2, -0.15) is 0 Å². The molecule has 3 rings (SSSR count). The maximum Gasteiger partial charge on any atom is 0.254 e. The molecule has 6 heteroatoms. The lowest BCUT2D eigenvalue weighted by molar-refractivity contribution is 0.0717. The maximum atomic E-state index is 13.9. The third-order valence-corrected chi connectivity index (χ3v) is 4.88.